The molecule has 0 bridgehead atoms. The highest BCUT2D eigenvalue weighted by atomic mass is 32.2. The third-order valence-electron chi connectivity index (χ3n) is 4.51. The van der Waals surface area contributed by atoms with E-state index in [-0.39, 0.29) is 17.2 Å². The van der Waals surface area contributed by atoms with Gasteiger partial charge in [-0.25, -0.2) is 21.1 Å². The molecule has 152 valence electrons. The molecular formula is C17H27N3O5S2. The second kappa shape index (κ2) is 8.68. The van der Waals surface area contributed by atoms with Crippen LogP contribution in [0.3, 0.4) is 0 Å². The molecule has 27 heavy (non-hydrogen) atoms. The summed E-state index contributed by atoms with van der Waals surface area (Å²) in [6, 6.07) is 5.71. The molecule has 1 heterocycles. The maximum Gasteiger partial charge on any atom is 0.242 e. The minimum Gasteiger partial charge on any atom is -0.351 e. The molecular weight excluding hydrogens is 390 g/mol. The van der Waals surface area contributed by atoms with Crippen LogP contribution in [-0.2, 0) is 31.4 Å². The molecule has 1 aromatic carbocycles. The molecule has 0 spiro atoms. The summed E-state index contributed by atoms with van der Waals surface area (Å²) in [5.41, 5.74) is 0.459. The Balaban J connectivity index is 2.15. The number of benzene rings is 1. The lowest BCUT2D eigenvalue weighted by molar-refractivity contribution is -0.124. The molecule has 10 heteroatoms. The average molecular weight is 418 g/mol. The van der Waals surface area contributed by atoms with Gasteiger partial charge in [0.15, 0.2) is 0 Å². The van der Waals surface area contributed by atoms with Crippen LogP contribution in [0.1, 0.15) is 31.7 Å². The third kappa shape index (κ3) is 4.87. The van der Waals surface area contributed by atoms with Crippen LogP contribution < -0.4 is 5.32 Å². The number of hydrogen-bond donors (Lipinski definition) is 1. The summed E-state index contributed by atoms with van der Waals surface area (Å²) in [6.45, 7) is 2.14. The van der Waals surface area contributed by atoms with Gasteiger partial charge in [0, 0.05) is 27.2 Å². The summed E-state index contributed by atoms with van der Waals surface area (Å²) in [7, 11) is -4.21. The van der Waals surface area contributed by atoms with Gasteiger partial charge in [0.05, 0.1) is 10.6 Å². The third-order valence-corrected chi connectivity index (χ3v) is 8.50. The maximum atomic E-state index is 12.6. The zero-order chi connectivity index (χ0) is 20.2. The van der Waals surface area contributed by atoms with Crippen molar-refractivity contribution in [2.75, 3.05) is 26.4 Å². The molecule has 1 fully saturated rings. The summed E-state index contributed by atoms with van der Waals surface area (Å²) in [5.74, 6) is -0.384. The summed E-state index contributed by atoms with van der Waals surface area (Å²) in [5, 5.41) is 2.71. The fourth-order valence-electron chi connectivity index (χ4n) is 3.11. The Morgan fingerprint density at radius 1 is 1.22 bits per heavy atom. The van der Waals surface area contributed by atoms with Crippen molar-refractivity contribution in [1.82, 2.24) is 13.9 Å². The minimum absolute atomic E-state index is 0.0141. The quantitative estimate of drug-likeness (QED) is 0.672. The van der Waals surface area contributed by atoms with Crippen LogP contribution in [0, 0.1) is 0 Å². The number of carbonyl (C=O) groups excluding carboxylic acids is 1. The molecule has 0 radical (unpaired) electrons. The molecule has 1 saturated heterocycles. The van der Waals surface area contributed by atoms with Crippen molar-refractivity contribution in [2.45, 2.75) is 43.7 Å². The van der Waals surface area contributed by atoms with Gasteiger partial charge in [0.25, 0.3) is 0 Å². The van der Waals surface area contributed by atoms with Crippen molar-refractivity contribution in [1.29, 1.82) is 0 Å². The smallest absolute Gasteiger partial charge is 0.242 e. The predicted octanol–water partition coefficient (Wildman–Crippen LogP) is 0.757. The van der Waals surface area contributed by atoms with Crippen LogP contribution in [0.5, 0.6) is 0 Å². The SMILES string of the molecule is CCCS(=O)(=O)N1CCCC1C(=O)NCc1ccccc1S(=O)(=O)N(C)C. The molecule has 1 atom stereocenters. The standard InChI is InChI=1S/C17H27N3O5S2/c1-4-12-26(22,23)20-11-7-9-15(20)17(21)18-13-14-8-5-6-10-16(14)27(24,25)19(2)3/h5-6,8,10,15H,4,7,9,11-13H2,1-3H3,(H,18,21). The topological polar surface area (TPSA) is 104 Å². The first-order valence-electron chi connectivity index (χ1n) is 8.89. The van der Waals surface area contributed by atoms with E-state index in [2.05, 4.69) is 5.32 Å². The fourth-order valence-corrected chi connectivity index (χ4v) is 5.97. The molecule has 1 N–H and O–H groups in total. The van der Waals surface area contributed by atoms with Crippen LogP contribution >= 0.6 is 0 Å². The molecule has 1 amide bonds. The highest BCUT2D eigenvalue weighted by molar-refractivity contribution is 7.89. The van der Waals surface area contributed by atoms with Crippen LogP contribution in [0.15, 0.2) is 29.2 Å². The monoisotopic (exact) mass is 417 g/mol. The first kappa shape index (κ1) is 21.8. The molecule has 0 aliphatic carbocycles. The Bertz CT molecular complexity index is 882. The number of carbonyl (C=O) groups is 1. The zero-order valence-electron chi connectivity index (χ0n) is 15.9. The second-order valence-electron chi connectivity index (χ2n) is 6.70. The number of nitrogens with zero attached hydrogens (tertiary/aromatic N) is 2. The number of amides is 1. The van der Waals surface area contributed by atoms with E-state index in [4.69, 9.17) is 0 Å². The summed E-state index contributed by atoms with van der Waals surface area (Å²) >= 11 is 0. The maximum absolute atomic E-state index is 12.6. The van der Waals surface area contributed by atoms with Gasteiger partial charge in [0.2, 0.25) is 26.0 Å². The fraction of sp³-hybridized carbons (Fsp3) is 0.588. The van der Waals surface area contributed by atoms with Crippen molar-refractivity contribution in [3.05, 3.63) is 29.8 Å². The lowest BCUT2D eigenvalue weighted by atomic mass is 10.2. The Morgan fingerprint density at radius 3 is 2.52 bits per heavy atom. The number of hydrogen-bond acceptors (Lipinski definition) is 5. The summed E-state index contributed by atoms with van der Waals surface area (Å²) < 4.78 is 51.9. The lowest BCUT2D eigenvalue weighted by Gasteiger charge is -2.23. The van der Waals surface area contributed by atoms with Crippen molar-refractivity contribution >= 4 is 26.0 Å². The van der Waals surface area contributed by atoms with Crippen molar-refractivity contribution in [2.24, 2.45) is 0 Å². The molecule has 1 unspecified atom stereocenters. The Morgan fingerprint density at radius 2 is 1.89 bits per heavy atom. The number of rotatable bonds is 8. The Hall–Kier alpha value is -1.49. The van der Waals surface area contributed by atoms with Gasteiger partial charge in [-0.05, 0) is 30.9 Å². The van der Waals surface area contributed by atoms with E-state index in [9.17, 15) is 21.6 Å². The molecule has 2 rings (SSSR count). The van der Waals surface area contributed by atoms with Crippen LogP contribution in [0.25, 0.3) is 0 Å². The molecule has 8 nitrogen and oxygen atoms in total. The van der Waals surface area contributed by atoms with Crippen LogP contribution in [0.2, 0.25) is 0 Å². The predicted molar refractivity (Wildman–Crippen MR) is 103 cm³/mol. The molecule has 1 aliphatic rings. The zero-order valence-corrected chi connectivity index (χ0v) is 17.5. The highest BCUT2D eigenvalue weighted by Gasteiger charge is 2.38. The Labute approximate surface area is 161 Å². The summed E-state index contributed by atoms with van der Waals surface area (Å²) in [4.78, 5) is 12.7. The van der Waals surface area contributed by atoms with E-state index in [1.54, 1.807) is 25.1 Å². The van der Waals surface area contributed by atoms with E-state index in [1.165, 1.54) is 24.5 Å². The summed E-state index contributed by atoms with van der Waals surface area (Å²) in [6.07, 6.45) is 1.59. The van der Waals surface area contributed by atoms with E-state index in [0.717, 1.165) is 4.31 Å². The van der Waals surface area contributed by atoms with Crippen LogP contribution in [0.4, 0.5) is 0 Å². The largest absolute Gasteiger partial charge is 0.351 e. The Kier molecular flexibility index (Phi) is 7.01. The van der Waals surface area contributed by atoms with Crippen molar-refractivity contribution < 1.29 is 21.6 Å². The number of nitrogens with one attached hydrogen (secondary N) is 1. The van der Waals surface area contributed by atoms with Gasteiger partial charge in [-0.3, -0.25) is 4.79 Å². The van der Waals surface area contributed by atoms with Gasteiger partial charge < -0.3 is 5.32 Å². The highest BCUT2D eigenvalue weighted by Crippen LogP contribution is 2.23. The van der Waals surface area contributed by atoms with E-state index in [1.807, 2.05) is 0 Å². The van der Waals surface area contributed by atoms with Crippen molar-refractivity contribution in [3.63, 3.8) is 0 Å². The minimum atomic E-state index is -3.64. The average Bonchev–Trinajstić information content (AvgIpc) is 3.10. The first-order chi connectivity index (χ1) is 12.6. The molecule has 1 aromatic rings. The van der Waals surface area contributed by atoms with E-state index < -0.39 is 32.0 Å². The number of sulfonamides is 2. The van der Waals surface area contributed by atoms with Gasteiger partial charge in [-0.2, -0.15) is 4.31 Å². The first-order valence-corrected chi connectivity index (χ1v) is 11.9. The van der Waals surface area contributed by atoms with Crippen molar-refractivity contribution in [3.8, 4) is 0 Å². The molecule has 1 aliphatic heterocycles. The van der Waals surface area contributed by atoms with Crippen LogP contribution in [-0.4, -0.2) is 63.8 Å². The second-order valence-corrected chi connectivity index (χ2v) is 10.9. The van der Waals surface area contributed by atoms with E-state index >= 15 is 0 Å². The lowest BCUT2D eigenvalue weighted by Crippen LogP contribution is -2.46. The van der Waals surface area contributed by atoms with E-state index in [0.29, 0.717) is 31.4 Å². The molecule has 0 saturated carbocycles. The molecule has 0 aromatic heterocycles. The van der Waals surface area contributed by atoms with Gasteiger partial charge in [0.1, 0.15) is 6.04 Å². The van der Waals surface area contributed by atoms with Gasteiger partial charge in [-0.15, -0.1) is 0 Å². The van der Waals surface area contributed by atoms with Gasteiger partial charge >= 0.3 is 0 Å². The normalized spacial score (nSPS) is 18.7. The van der Waals surface area contributed by atoms with Gasteiger partial charge in [-0.1, -0.05) is 25.1 Å².